The zero-order chi connectivity index (χ0) is 14.3. The van der Waals surface area contributed by atoms with Gasteiger partial charge in [0.05, 0.1) is 10.5 Å². The van der Waals surface area contributed by atoms with Gasteiger partial charge in [-0.1, -0.05) is 0 Å². The van der Waals surface area contributed by atoms with Crippen LogP contribution in [0.2, 0.25) is 0 Å². The number of hydrogen-bond donors (Lipinski definition) is 1. The van der Waals surface area contributed by atoms with Gasteiger partial charge in [-0.2, -0.15) is 13.2 Å². The molecule has 1 aliphatic rings. The van der Waals surface area contributed by atoms with Crippen molar-refractivity contribution in [2.45, 2.75) is 37.9 Å². The SMILES string of the molecule is CC1(Nc2ccc(C(F)(F)F)cc2[N+](=O)[O-])CCC1. The predicted octanol–water partition coefficient (Wildman–Crippen LogP) is 3.97. The molecule has 1 saturated carbocycles. The summed E-state index contributed by atoms with van der Waals surface area (Å²) in [5, 5.41) is 13.9. The summed E-state index contributed by atoms with van der Waals surface area (Å²) in [4.78, 5) is 10.1. The standard InChI is InChI=1S/C12H13F3N2O2/c1-11(5-2-6-11)16-9-4-3-8(12(13,14)15)7-10(9)17(18)19/h3-4,7,16H,2,5-6H2,1H3. The Bertz CT molecular complexity index is 510. The van der Waals surface area contributed by atoms with Crippen LogP contribution >= 0.6 is 0 Å². The Morgan fingerprint density at radius 2 is 2.00 bits per heavy atom. The van der Waals surface area contributed by atoms with Gasteiger partial charge < -0.3 is 5.32 Å². The maximum Gasteiger partial charge on any atom is 0.416 e. The van der Waals surface area contributed by atoms with Gasteiger partial charge in [-0.05, 0) is 38.3 Å². The van der Waals surface area contributed by atoms with Crippen LogP contribution < -0.4 is 5.32 Å². The van der Waals surface area contributed by atoms with Gasteiger partial charge in [0.15, 0.2) is 0 Å². The van der Waals surface area contributed by atoms with Crippen LogP contribution in [0.4, 0.5) is 24.5 Å². The Labute approximate surface area is 107 Å². The Morgan fingerprint density at radius 1 is 1.37 bits per heavy atom. The van der Waals surface area contributed by atoms with Gasteiger partial charge >= 0.3 is 6.18 Å². The Morgan fingerprint density at radius 3 is 2.42 bits per heavy atom. The number of nitro benzene ring substituents is 1. The van der Waals surface area contributed by atoms with Gasteiger partial charge in [0.1, 0.15) is 5.69 Å². The fraction of sp³-hybridized carbons (Fsp3) is 0.500. The van der Waals surface area contributed by atoms with E-state index in [1.54, 1.807) is 0 Å². The van der Waals surface area contributed by atoms with Crippen LogP contribution in [0.1, 0.15) is 31.7 Å². The largest absolute Gasteiger partial charge is 0.416 e. The van der Waals surface area contributed by atoms with Crippen LogP contribution in [0.3, 0.4) is 0 Å². The van der Waals surface area contributed by atoms with Gasteiger partial charge in [0.25, 0.3) is 5.69 Å². The van der Waals surface area contributed by atoms with E-state index in [0.29, 0.717) is 6.07 Å². The number of alkyl halides is 3. The number of nitrogens with one attached hydrogen (secondary N) is 1. The van der Waals surface area contributed by atoms with Crippen LogP contribution in [-0.2, 0) is 6.18 Å². The van der Waals surface area contributed by atoms with E-state index in [2.05, 4.69) is 5.32 Å². The van der Waals surface area contributed by atoms with Gasteiger partial charge in [0, 0.05) is 11.6 Å². The molecule has 0 radical (unpaired) electrons. The topological polar surface area (TPSA) is 55.2 Å². The maximum absolute atomic E-state index is 12.5. The van der Waals surface area contributed by atoms with E-state index in [4.69, 9.17) is 0 Å². The molecule has 19 heavy (non-hydrogen) atoms. The molecule has 104 valence electrons. The third-order valence-corrected chi connectivity index (χ3v) is 3.42. The molecular formula is C12H13F3N2O2. The van der Waals surface area contributed by atoms with Crippen LogP contribution in [0.5, 0.6) is 0 Å². The number of halogens is 3. The van der Waals surface area contributed by atoms with Crippen molar-refractivity contribution in [1.29, 1.82) is 0 Å². The molecular weight excluding hydrogens is 261 g/mol. The molecule has 1 aromatic carbocycles. The molecule has 1 aromatic rings. The predicted molar refractivity (Wildman–Crippen MR) is 64.0 cm³/mol. The molecule has 4 nitrogen and oxygen atoms in total. The lowest BCUT2D eigenvalue weighted by Gasteiger charge is -2.39. The summed E-state index contributed by atoms with van der Waals surface area (Å²) in [5.74, 6) is 0. The van der Waals surface area contributed by atoms with Crippen molar-refractivity contribution in [3.63, 3.8) is 0 Å². The first-order chi connectivity index (χ1) is 8.71. The highest BCUT2D eigenvalue weighted by atomic mass is 19.4. The molecule has 0 heterocycles. The second kappa shape index (κ2) is 4.40. The highest BCUT2D eigenvalue weighted by Gasteiger charge is 2.36. The third kappa shape index (κ3) is 2.80. The van der Waals surface area contributed by atoms with Crippen LogP contribution in [-0.4, -0.2) is 10.5 Å². The van der Waals surface area contributed by atoms with Crippen molar-refractivity contribution in [3.8, 4) is 0 Å². The number of nitro groups is 1. The highest BCUT2D eigenvalue weighted by molar-refractivity contribution is 5.64. The molecule has 0 amide bonds. The Hall–Kier alpha value is -1.79. The molecule has 0 unspecified atom stereocenters. The van der Waals surface area contributed by atoms with E-state index in [1.165, 1.54) is 0 Å². The van der Waals surface area contributed by atoms with Crippen LogP contribution in [0.15, 0.2) is 18.2 Å². The maximum atomic E-state index is 12.5. The lowest BCUT2D eigenvalue weighted by atomic mass is 9.78. The number of benzene rings is 1. The van der Waals surface area contributed by atoms with Crippen LogP contribution in [0, 0.1) is 10.1 Å². The van der Waals surface area contributed by atoms with E-state index in [9.17, 15) is 23.3 Å². The molecule has 0 atom stereocenters. The first-order valence-electron chi connectivity index (χ1n) is 5.85. The molecule has 0 aromatic heterocycles. The van der Waals surface area contributed by atoms with Crippen molar-refractivity contribution in [3.05, 3.63) is 33.9 Å². The van der Waals surface area contributed by atoms with E-state index >= 15 is 0 Å². The Balaban J connectivity index is 2.36. The minimum atomic E-state index is -4.58. The minimum absolute atomic E-state index is 0.139. The van der Waals surface area contributed by atoms with E-state index in [-0.39, 0.29) is 11.2 Å². The molecule has 2 rings (SSSR count). The average Bonchev–Trinajstić information content (AvgIpc) is 2.25. The van der Waals surface area contributed by atoms with Gasteiger partial charge in [-0.25, -0.2) is 0 Å². The fourth-order valence-electron chi connectivity index (χ4n) is 2.12. The molecule has 1 aliphatic carbocycles. The van der Waals surface area contributed by atoms with Gasteiger partial charge in [0.2, 0.25) is 0 Å². The average molecular weight is 274 g/mol. The fourth-order valence-corrected chi connectivity index (χ4v) is 2.12. The summed E-state index contributed by atoms with van der Waals surface area (Å²) >= 11 is 0. The van der Waals surface area contributed by atoms with Crippen LogP contribution in [0.25, 0.3) is 0 Å². The summed E-state index contributed by atoms with van der Waals surface area (Å²) in [6.07, 6.45) is -1.86. The second-order valence-electron chi connectivity index (χ2n) is 5.03. The molecule has 0 saturated heterocycles. The summed E-state index contributed by atoms with van der Waals surface area (Å²) in [5.41, 5.74) is -1.67. The first-order valence-corrected chi connectivity index (χ1v) is 5.85. The zero-order valence-electron chi connectivity index (χ0n) is 10.3. The zero-order valence-corrected chi connectivity index (χ0v) is 10.3. The minimum Gasteiger partial charge on any atom is -0.374 e. The monoisotopic (exact) mass is 274 g/mol. The normalized spacial score (nSPS) is 17.7. The molecule has 0 spiro atoms. The molecule has 0 bridgehead atoms. The summed E-state index contributed by atoms with van der Waals surface area (Å²) in [7, 11) is 0. The molecule has 0 aliphatic heterocycles. The summed E-state index contributed by atoms with van der Waals surface area (Å²) in [6, 6.07) is 2.56. The molecule has 1 fully saturated rings. The van der Waals surface area contributed by atoms with Gasteiger partial charge in [-0.3, -0.25) is 10.1 Å². The number of hydrogen-bond acceptors (Lipinski definition) is 3. The van der Waals surface area contributed by atoms with E-state index in [1.807, 2.05) is 6.92 Å². The number of rotatable bonds is 3. The van der Waals surface area contributed by atoms with Crippen molar-refractivity contribution in [2.75, 3.05) is 5.32 Å². The van der Waals surface area contributed by atoms with E-state index < -0.39 is 22.4 Å². The lowest BCUT2D eigenvalue weighted by Crippen LogP contribution is -2.41. The smallest absolute Gasteiger partial charge is 0.374 e. The lowest BCUT2D eigenvalue weighted by molar-refractivity contribution is -0.384. The summed E-state index contributed by atoms with van der Waals surface area (Å²) in [6.45, 7) is 1.90. The Kier molecular flexibility index (Phi) is 3.15. The van der Waals surface area contributed by atoms with Crippen molar-refractivity contribution in [2.24, 2.45) is 0 Å². The summed E-state index contributed by atoms with van der Waals surface area (Å²) < 4.78 is 37.6. The third-order valence-electron chi connectivity index (χ3n) is 3.42. The van der Waals surface area contributed by atoms with Crippen molar-refractivity contribution < 1.29 is 18.1 Å². The molecule has 7 heteroatoms. The quantitative estimate of drug-likeness (QED) is 0.670. The number of anilines is 1. The number of nitrogens with zero attached hydrogens (tertiary/aromatic N) is 1. The van der Waals surface area contributed by atoms with E-state index in [0.717, 1.165) is 31.4 Å². The highest BCUT2D eigenvalue weighted by Crippen LogP contribution is 2.39. The molecule has 1 N–H and O–H groups in total. The second-order valence-corrected chi connectivity index (χ2v) is 5.03. The first kappa shape index (κ1) is 13.6. The van der Waals surface area contributed by atoms with Gasteiger partial charge in [-0.15, -0.1) is 0 Å². The van der Waals surface area contributed by atoms with Crippen molar-refractivity contribution >= 4 is 11.4 Å². The van der Waals surface area contributed by atoms with Crippen molar-refractivity contribution in [1.82, 2.24) is 0 Å².